The van der Waals surface area contributed by atoms with Crippen molar-refractivity contribution in [1.82, 2.24) is 24.5 Å². The van der Waals surface area contributed by atoms with E-state index in [1.165, 1.54) is 4.68 Å². The first kappa shape index (κ1) is 12.5. The molecule has 2 aromatic heterocycles. The average molecular weight is 256 g/mol. The highest BCUT2D eigenvalue weighted by Crippen LogP contribution is 2.27. The van der Waals surface area contributed by atoms with Gasteiger partial charge in [0.1, 0.15) is 11.9 Å². The van der Waals surface area contributed by atoms with Gasteiger partial charge in [-0.25, -0.2) is 4.98 Å². The van der Waals surface area contributed by atoms with Crippen molar-refractivity contribution >= 4 is 5.69 Å². The lowest BCUT2D eigenvalue weighted by Crippen LogP contribution is -2.32. The monoisotopic (exact) mass is 256 g/mol. The first-order valence-electron chi connectivity index (χ1n) is 5.34. The Balaban J connectivity index is 2.50. The molecule has 18 heavy (non-hydrogen) atoms. The summed E-state index contributed by atoms with van der Waals surface area (Å²) in [7, 11) is 0. The summed E-state index contributed by atoms with van der Waals surface area (Å²) >= 11 is 0. The van der Waals surface area contributed by atoms with Crippen LogP contribution in [0.4, 0.5) is 14.5 Å². The predicted molar refractivity (Wildman–Crippen MR) is 61.1 cm³/mol. The van der Waals surface area contributed by atoms with Gasteiger partial charge < -0.3 is 5.73 Å². The molecule has 0 spiro atoms. The summed E-state index contributed by atoms with van der Waals surface area (Å²) in [4.78, 5) is 3.89. The maximum atomic E-state index is 12.8. The van der Waals surface area contributed by atoms with Crippen molar-refractivity contribution in [3.63, 3.8) is 0 Å². The smallest absolute Gasteiger partial charge is 0.334 e. The molecule has 0 aliphatic heterocycles. The average Bonchev–Trinajstić information content (AvgIpc) is 2.87. The molecule has 2 heterocycles. The fraction of sp³-hybridized carbons (Fsp3) is 0.500. The number of hydrogen-bond acceptors (Lipinski definition) is 4. The van der Waals surface area contributed by atoms with Crippen LogP contribution in [0.2, 0.25) is 0 Å². The number of nitrogens with two attached hydrogens (primary N) is 1. The van der Waals surface area contributed by atoms with Gasteiger partial charge in [0.2, 0.25) is 0 Å². The molecule has 0 amide bonds. The SMILES string of the molecule is Cc1nn(C(C)(C)c2ncnn2C(F)F)cc1N. The van der Waals surface area contributed by atoms with Crippen molar-refractivity contribution in [3.8, 4) is 0 Å². The zero-order valence-corrected chi connectivity index (χ0v) is 10.3. The van der Waals surface area contributed by atoms with E-state index in [9.17, 15) is 8.78 Å². The summed E-state index contributed by atoms with van der Waals surface area (Å²) in [6.45, 7) is 2.46. The fourth-order valence-corrected chi connectivity index (χ4v) is 1.69. The molecule has 0 saturated carbocycles. The Kier molecular flexibility index (Phi) is 2.80. The molecule has 2 N–H and O–H groups in total. The molecular formula is C10H14F2N6. The Hall–Kier alpha value is -1.99. The molecule has 98 valence electrons. The molecule has 8 heteroatoms. The maximum Gasteiger partial charge on any atom is 0.334 e. The van der Waals surface area contributed by atoms with Crippen LogP contribution in [0.25, 0.3) is 0 Å². The zero-order chi connectivity index (χ0) is 13.5. The van der Waals surface area contributed by atoms with Crippen LogP contribution in [0.3, 0.4) is 0 Å². The Bertz CT molecular complexity index is 537. The van der Waals surface area contributed by atoms with E-state index in [4.69, 9.17) is 5.73 Å². The minimum absolute atomic E-state index is 0.125. The molecule has 2 aromatic rings. The normalized spacial score (nSPS) is 12.3. The van der Waals surface area contributed by atoms with Crippen LogP contribution in [0.15, 0.2) is 12.5 Å². The highest BCUT2D eigenvalue weighted by atomic mass is 19.3. The van der Waals surface area contributed by atoms with E-state index in [1.807, 2.05) is 0 Å². The molecule has 0 atom stereocenters. The Morgan fingerprint density at radius 1 is 1.39 bits per heavy atom. The van der Waals surface area contributed by atoms with Crippen LogP contribution < -0.4 is 5.73 Å². The summed E-state index contributed by atoms with van der Waals surface area (Å²) < 4.78 is 27.7. The summed E-state index contributed by atoms with van der Waals surface area (Å²) in [6, 6.07) is 0. The van der Waals surface area contributed by atoms with Gasteiger partial charge in [0, 0.05) is 6.20 Å². The van der Waals surface area contributed by atoms with Gasteiger partial charge in [-0.05, 0) is 20.8 Å². The molecule has 0 fully saturated rings. The molecule has 0 radical (unpaired) electrons. The van der Waals surface area contributed by atoms with Crippen molar-refractivity contribution in [2.24, 2.45) is 0 Å². The van der Waals surface area contributed by atoms with E-state index in [1.54, 1.807) is 27.0 Å². The molecule has 2 rings (SSSR count). The molecule has 0 saturated heterocycles. The van der Waals surface area contributed by atoms with Gasteiger partial charge in [0.05, 0.1) is 11.4 Å². The number of aromatic nitrogens is 5. The lowest BCUT2D eigenvalue weighted by molar-refractivity contribution is 0.0475. The van der Waals surface area contributed by atoms with Crippen molar-refractivity contribution in [2.75, 3.05) is 5.73 Å². The number of aryl methyl sites for hydroxylation is 1. The minimum atomic E-state index is -2.74. The van der Waals surface area contributed by atoms with E-state index in [0.717, 1.165) is 6.33 Å². The van der Waals surface area contributed by atoms with Gasteiger partial charge in [-0.3, -0.25) is 4.68 Å². The maximum absolute atomic E-state index is 12.8. The van der Waals surface area contributed by atoms with Crippen molar-refractivity contribution in [3.05, 3.63) is 24.0 Å². The zero-order valence-electron chi connectivity index (χ0n) is 10.3. The third-order valence-corrected chi connectivity index (χ3v) is 2.81. The number of nitrogens with zero attached hydrogens (tertiary/aromatic N) is 5. The molecular weight excluding hydrogens is 242 g/mol. The second-order valence-corrected chi connectivity index (χ2v) is 4.48. The first-order chi connectivity index (χ1) is 8.34. The van der Waals surface area contributed by atoms with Crippen LogP contribution in [-0.4, -0.2) is 24.5 Å². The summed E-state index contributed by atoms with van der Waals surface area (Å²) in [6.07, 6.45) is 2.70. The molecule has 0 bridgehead atoms. The Labute approximate surface area is 102 Å². The number of hydrogen-bond donors (Lipinski definition) is 1. The predicted octanol–water partition coefficient (Wildman–Crippen LogP) is 1.54. The van der Waals surface area contributed by atoms with Gasteiger partial charge in [-0.15, -0.1) is 0 Å². The van der Waals surface area contributed by atoms with Crippen LogP contribution in [0, 0.1) is 6.92 Å². The van der Waals surface area contributed by atoms with Crippen LogP contribution >= 0.6 is 0 Å². The van der Waals surface area contributed by atoms with Crippen molar-refractivity contribution in [1.29, 1.82) is 0 Å². The van der Waals surface area contributed by atoms with Gasteiger partial charge in [-0.1, -0.05) is 0 Å². The highest BCUT2D eigenvalue weighted by molar-refractivity contribution is 5.40. The van der Waals surface area contributed by atoms with Crippen molar-refractivity contribution in [2.45, 2.75) is 32.9 Å². The number of rotatable bonds is 3. The minimum Gasteiger partial charge on any atom is -0.396 e. The van der Waals surface area contributed by atoms with E-state index in [-0.39, 0.29) is 5.82 Å². The number of alkyl halides is 2. The van der Waals surface area contributed by atoms with Crippen LogP contribution in [-0.2, 0) is 5.54 Å². The number of halogens is 2. The van der Waals surface area contributed by atoms with Gasteiger partial charge >= 0.3 is 6.55 Å². The summed E-state index contributed by atoms with van der Waals surface area (Å²) in [5.74, 6) is 0.125. The Morgan fingerprint density at radius 2 is 2.06 bits per heavy atom. The van der Waals surface area contributed by atoms with Crippen molar-refractivity contribution < 1.29 is 8.78 Å². The van der Waals surface area contributed by atoms with Crippen LogP contribution in [0.1, 0.15) is 31.9 Å². The second-order valence-electron chi connectivity index (χ2n) is 4.48. The third kappa shape index (κ3) is 1.83. The lowest BCUT2D eigenvalue weighted by atomic mass is 10.1. The second kappa shape index (κ2) is 4.04. The van der Waals surface area contributed by atoms with E-state index in [2.05, 4.69) is 15.2 Å². The van der Waals surface area contributed by atoms with Gasteiger partial charge in [-0.2, -0.15) is 23.7 Å². The quantitative estimate of drug-likeness (QED) is 0.904. The number of anilines is 1. The molecule has 0 unspecified atom stereocenters. The highest BCUT2D eigenvalue weighted by Gasteiger charge is 2.32. The molecule has 0 aromatic carbocycles. The van der Waals surface area contributed by atoms with E-state index < -0.39 is 12.1 Å². The number of nitrogen functional groups attached to an aromatic ring is 1. The molecule has 0 aliphatic carbocycles. The van der Waals surface area contributed by atoms with E-state index >= 15 is 0 Å². The summed E-state index contributed by atoms with van der Waals surface area (Å²) in [5.41, 5.74) is 6.00. The topological polar surface area (TPSA) is 74.5 Å². The van der Waals surface area contributed by atoms with Gasteiger partial charge in [0.25, 0.3) is 0 Å². The first-order valence-corrected chi connectivity index (χ1v) is 5.34. The molecule has 0 aliphatic rings. The lowest BCUT2D eigenvalue weighted by Gasteiger charge is -2.24. The van der Waals surface area contributed by atoms with Crippen LogP contribution in [0.5, 0.6) is 0 Å². The molecule has 6 nitrogen and oxygen atoms in total. The largest absolute Gasteiger partial charge is 0.396 e. The third-order valence-electron chi connectivity index (χ3n) is 2.81. The standard InChI is InChI=1S/C10H14F2N6/c1-6-7(13)4-17(16-6)10(2,3)8-14-5-15-18(8)9(11)12/h4-5,9H,13H2,1-3H3. The fourth-order valence-electron chi connectivity index (χ4n) is 1.69. The summed E-state index contributed by atoms with van der Waals surface area (Å²) in [5, 5.41) is 7.72. The van der Waals surface area contributed by atoms with Gasteiger partial charge in [0.15, 0.2) is 5.82 Å². The Morgan fingerprint density at radius 3 is 2.56 bits per heavy atom. The van der Waals surface area contributed by atoms with E-state index in [0.29, 0.717) is 16.1 Å².